The molecule has 9 nitrogen and oxygen atoms in total. The van der Waals surface area contributed by atoms with Gasteiger partial charge >= 0.3 is 0 Å². The number of fused-ring (bicyclic) bond motifs is 1. The first-order valence-corrected chi connectivity index (χ1v) is 7.67. The van der Waals surface area contributed by atoms with Crippen LogP contribution < -0.4 is 4.90 Å². The normalized spacial score (nSPS) is 12.3. The lowest BCUT2D eigenvalue weighted by Gasteiger charge is -2.27. The molecule has 0 aliphatic heterocycles. The third-order valence-electron chi connectivity index (χ3n) is 4.08. The fraction of sp³-hybridized carbons (Fsp3) is 0.312. The van der Waals surface area contributed by atoms with E-state index in [1.807, 2.05) is 31.0 Å². The van der Waals surface area contributed by atoms with E-state index in [1.165, 1.54) is 12.4 Å². The Labute approximate surface area is 144 Å². The highest BCUT2D eigenvalue weighted by molar-refractivity contribution is 5.49. The van der Waals surface area contributed by atoms with Gasteiger partial charge in [0.05, 0.1) is 23.3 Å². The average molecular weight is 342 g/mol. The lowest BCUT2D eigenvalue weighted by atomic mass is 10.1. The highest BCUT2D eigenvalue weighted by atomic mass is 16.6. The minimum Gasteiger partial charge on any atom is -0.378 e. The van der Waals surface area contributed by atoms with Crippen LogP contribution in [-0.4, -0.2) is 38.7 Å². The summed E-state index contributed by atoms with van der Waals surface area (Å²) in [5.74, 6) is 1.25. The van der Waals surface area contributed by atoms with Gasteiger partial charge in [0.1, 0.15) is 12.1 Å². The zero-order valence-electron chi connectivity index (χ0n) is 14.2. The van der Waals surface area contributed by atoms with E-state index < -0.39 is 4.92 Å². The fourth-order valence-electron chi connectivity index (χ4n) is 2.64. The molecule has 130 valence electrons. The number of nitrogens with zero attached hydrogens (tertiary/aromatic N) is 6. The van der Waals surface area contributed by atoms with Gasteiger partial charge in [-0.15, -0.1) is 0 Å². The van der Waals surface area contributed by atoms with Gasteiger partial charge < -0.3 is 9.64 Å². The molecular weight excluding hydrogens is 324 g/mol. The van der Waals surface area contributed by atoms with Gasteiger partial charge in [-0.25, -0.2) is 4.98 Å². The third-order valence-corrected chi connectivity index (χ3v) is 4.08. The predicted molar refractivity (Wildman–Crippen MR) is 91.4 cm³/mol. The van der Waals surface area contributed by atoms with Crippen molar-refractivity contribution in [1.82, 2.24) is 19.6 Å². The zero-order valence-corrected chi connectivity index (χ0v) is 14.2. The van der Waals surface area contributed by atoms with E-state index in [1.54, 1.807) is 23.8 Å². The Morgan fingerprint density at radius 2 is 2.20 bits per heavy atom. The molecule has 3 rings (SSSR count). The standard InChI is InChI=1S/C16H18N6O3/c1-11(12-5-4-6-14(7-12)22(23)24)20(2)15-8-13(9-25-3)19-16-17-10-18-21(15)16/h4-8,10-11H,9H2,1-3H3. The number of non-ortho nitro benzene ring substituents is 1. The fourth-order valence-corrected chi connectivity index (χ4v) is 2.64. The van der Waals surface area contributed by atoms with Gasteiger partial charge in [0, 0.05) is 32.4 Å². The van der Waals surface area contributed by atoms with Crippen LogP contribution in [0.15, 0.2) is 36.7 Å². The van der Waals surface area contributed by atoms with Crippen molar-refractivity contribution in [3.05, 3.63) is 58.0 Å². The van der Waals surface area contributed by atoms with Gasteiger partial charge in [0.15, 0.2) is 0 Å². The molecule has 0 fully saturated rings. The summed E-state index contributed by atoms with van der Waals surface area (Å²) in [6.07, 6.45) is 1.44. The molecule has 1 atom stereocenters. The van der Waals surface area contributed by atoms with E-state index in [9.17, 15) is 10.1 Å². The number of aromatic nitrogens is 4. The Morgan fingerprint density at radius 3 is 2.92 bits per heavy atom. The third kappa shape index (κ3) is 3.26. The number of nitro benzene ring substituents is 1. The molecule has 9 heteroatoms. The zero-order chi connectivity index (χ0) is 18.0. The van der Waals surface area contributed by atoms with E-state index in [4.69, 9.17) is 4.74 Å². The second kappa shape index (κ2) is 6.81. The summed E-state index contributed by atoms with van der Waals surface area (Å²) in [6.45, 7) is 2.33. The van der Waals surface area contributed by atoms with Crippen molar-refractivity contribution in [2.75, 3.05) is 19.1 Å². The molecule has 0 spiro atoms. The topological polar surface area (TPSA) is 98.7 Å². The molecule has 3 aromatic rings. The van der Waals surface area contributed by atoms with Gasteiger partial charge in [-0.2, -0.15) is 14.6 Å². The van der Waals surface area contributed by atoms with Crippen molar-refractivity contribution in [1.29, 1.82) is 0 Å². The van der Waals surface area contributed by atoms with Crippen LogP contribution in [-0.2, 0) is 11.3 Å². The molecule has 0 amide bonds. The lowest BCUT2D eigenvalue weighted by Crippen LogP contribution is -2.24. The van der Waals surface area contributed by atoms with Crippen LogP contribution in [0.25, 0.3) is 5.78 Å². The molecule has 1 aromatic carbocycles. The molecular formula is C16H18N6O3. The number of hydrogen-bond donors (Lipinski definition) is 0. The summed E-state index contributed by atoms with van der Waals surface area (Å²) in [5, 5.41) is 15.2. The number of anilines is 1. The molecule has 1 unspecified atom stereocenters. The first kappa shape index (κ1) is 16.8. The average Bonchev–Trinajstić information content (AvgIpc) is 3.08. The number of nitro groups is 1. The Hall–Kier alpha value is -3.07. The Balaban J connectivity index is 2.00. The number of ether oxygens (including phenoxy) is 1. The van der Waals surface area contributed by atoms with Gasteiger partial charge in [0.25, 0.3) is 11.5 Å². The van der Waals surface area contributed by atoms with Crippen LogP contribution in [0.2, 0.25) is 0 Å². The highest BCUT2D eigenvalue weighted by Crippen LogP contribution is 2.27. The maximum atomic E-state index is 11.0. The number of hydrogen-bond acceptors (Lipinski definition) is 7. The van der Waals surface area contributed by atoms with Crippen LogP contribution in [0.3, 0.4) is 0 Å². The second-order valence-corrected chi connectivity index (χ2v) is 5.65. The van der Waals surface area contributed by atoms with Gasteiger partial charge in [-0.05, 0) is 12.5 Å². The van der Waals surface area contributed by atoms with Crippen molar-refractivity contribution in [3.63, 3.8) is 0 Å². The summed E-state index contributed by atoms with van der Waals surface area (Å²) < 4.78 is 6.79. The monoisotopic (exact) mass is 342 g/mol. The van der Waals surface area contributed by atoms with E-state index in [2.05, 4.69) is 15.1 Å². The Bertz CT molecular complexity index is 910. The highest BCUT2D eigenvalue weighted by Gasteiger charge is 2.19. The summed E-state index contributed by atoms with van der Waals surface area (Å²) in [7, 11) is 3.50. The van der Waals surface area contributed by atoms with Crippen LogP contribution in [0, 0.1) is 10.1 Å². The Kier molecular flexibility index (Phi) is 4.57. The number of methoxy groups -OCH3 is 1. The molecule has 25 heavy (non-hydrogen) atoms. The van der Waals surface area contributed by atoms with Crippen molar-refractivity contribution < 1.29 is 9.66 Å². The van der Waals surface area contributed by atoms with Crippen LogP contribution in [0.1, 0.15) is 24.2 Å². The van der Waals surface area contributed by atoms with Gasteiger partial charge in [0.2, 0.25) is 0 Å². The predicted octanol–water partition coefficient (Wildman–Crippen LogP) is 2.38. The maximum Gasteiger partial charge on any atom is 0.269 e. The summed E-state index contributed by atoms with van der Waals surface area (Å²) >= 11 is 0. The van der Waals surface area contributed by atoms with Crippen LogP contribution in [0.4, 0.5) is 11.5 Å². The van der Waals surface area contributed by atoms with Gasteiger partial charge in [-0.1, -0.05) is 12.1 Å². The molecule has 0 bridgehead atoms. The van der Waals surface area contributed by atoms with Crippen molar-refractivity contribution in [3.8, 4) is 0 Å². The molecule has 2 heterocycles. The SMILES string of the molecule is COCc1cc(N(C)C(C)c2cccc([N+](=O)[O-])c2)n2ncnc2n1. The largest absolute Gasteiger partial charge is 0.378 e. The summed E-state index contributed by atoms with van der Waals surface area (Å²) in [4.78, 5) is 21.1. The van der Waals surface area contributed by atoms with E-state index in [0.717, 1.165) is 17.1 Å². The molecule has 0 aliphatic rings. The van der Waals surface area contributed by atoms with Gasteiger partial charge in [-0.3, -0.25) is 10.1 Å². The van der Waals surface area contributed by atoms with Crippen LogP contribution in [0.5, 0.6) is 0 Å². The first-order valence-electron chi connectivity index (χ1n) is 7.67. The summed E-state index contributed by atoms with van der Waals surface area (Å²) in [5.41, 5.74) is 1.63. The van der Waals surface area contributed by atoms with Crippen molar-refractivity contribution in [2.24, 2.45) is 0 Å². The quantitative estimate of drug-likeness (QED) is 0.501. The maximum absolute atomic E-state index is 11.0. The first-order chi connectivity index (χ1) is 12.0. The van der Waals surface area contributed by atoms with Crippen LogP contribution >= 0.6 is 0 Å². The molecule has 0 aliphatic carbocycles. The van der Waals surface area contributed by atoms with Crippen molar-refractivity contribution >= 4 is 17.3 Å². The molecule has 0 N–H and O–H groups in total. The molecule has 0 saturated carbocycles. The molecule has 2 aromatic heterocycles. The minimum absolute atomic E-state index is 0.0680. The lowest BCUT2D eigenvalue weighted by molar-refractivity contribution is -0.384. The number of rotatable bonds is 6. The second-order valence-electron chi connectivity index (χ2n) is 5.65. The minimum atomic E-state index is -0.394. The van der Waals surface area contributed by atoms with E-state index >= 15 is 0 Å². The molecule has 0 saturated heterocycles. The Morgan fingerprint density at radius 1 is 1.40 bits per heavy atom. The molecule has 0 radical (unpaired) electrons. The van der Waals surface area contributed by atoms with E-state index in [0.29, 0.717) is 12.4 Å². The number of benzene rings is 1. The smallest absolute Gasteiger partial charge is 0.269 e. The summed E-state index contributed by atoms with van der Waals surface area (Å²) in [6, 6.07) is 8.37. The van der Waals surface area contributed by atoms with Crippen molar-refractivity contribution in [2.45, 2.75) is 19.6 Å². The van der Waals surface area contributed by atoms with E-state index in [-0.39, 0.29) is 11.7 Å².